The molecule has 1 aliphatic rings. The number of thioether (sulfide) groups is 1. The Morgan fingerprint density at radius 1 is 1.30 bits per heavy atom. The predicted octanol–water partition coefficient (Wildman–Crippen LogP) is 5.24. The third-order valence-corrected chi connectivity index (χ3v) is 4.89. The van der Waals surface area contributed by atoms with Crippen LogP contribution in [0.15, 0.2) is 63.7 Å². The predicted molar refractivity (Wildman–Crippen MR) is 109 cm³/mol. The van der Waals surface area contributed by atoms with Gasteiger partial charge >= 0.3 is 5.97 Å². The highest BCUT2D eigenvalue weighted by Crippen LogP contribution is 2.40. The van der Waals surface area contributed by atoms with Crippen LogP contribution in [0.5, 0.6) is 0 Å². The molecule has 3 rings (SSSR count). The number of rotatable bonds is 4. The van der Waals surface area contributed by atoms with Gasteiger partial charge in [-0.2, -0.15) is 0 Å². The van der Waals surface area contributed by atoms with Crippen molar-refractivity contribution in [3.63, 3.8) is 0 Å². The summed E-state index contributed by atoms with van der Waals surface area (Å²) in [5.74, 6) is -0.773. The van der Waals surface area contributed by atoms with E-state index in [1.165, 1.54) is 11.8 Å². The van der Waals surface area contributed by atoms with Crippen molar-refractivity contribution in [3.8, 4) is 0 Å². The number of hydrogen-bond donors (Lipinski definition) is 1. The van der Waals surface area contributed by atoms with Gasteiger partial charge in [-0.3, -0.25) is 4.98 Å². The molecule has 0 atom stereocenters. The molecule has 1 aromatic carbocycles. The number of nitrogens with zero attached hydrogens (tertiary/aromatic N) is 2. The standard InChI is InChI=1S/C20H17ClN2O3S/c1-3-26-20(25)17-18(24)16(11-15-6-4-5-12(2)22-15)27-19(17)23-14-9-7-13(21)8-10-14/h4-11,24H,3H2,1-2H3. The van der Waals surface area contributed by atoms with Gasteiger partial charge in [0.25, 0.3) is 0 Å². The summed E-state index contributed by atoms with van der Waals surface area (Å²) < 4.78 is 5.09. The van der Waals surface area contributed by atoms with E-state index in [-0.39, 0.29) is 17.9 Å². The Balaban J connectivity index is 2.03. The van der Waals surface area contributed by atoms with E-state index in [0.717, 1.165) is 5.69 Å². The zero-order valence-electron chi connectivity index (χ0n) is 14.8. The average molecular weight is 401 g/mol. The van der Waals surface area contributed by atoms with Gasteiger partial charge in [0, 0.05) is 10.7 Å². The molecule has 0 saturated heterocycles. The molecule has 0 aliphatic carbocycles. The number of aromatic nitrogens is 1. The number of carbonyl (C=O) groups is 1. The second-order valence-corrected chi connectivity index (χ2v) is 7.12. The first kappa shape index (κ1) is 19.2. The number of esters is 1. The summed E-state index contributed by atoms with van der Waals surface area (Å²) in [6.45, 7) is 3.80. The second kappa shape index (κ2) is 8.41. The summed E-state index contributed by atoms with van der Waals surface area (Å²) in [7, 11) is 0. The minimum atomic E-state index is -0.615. The molecule has 0 fully saturated rings. The first-order valence-electron chi connectivity index (χ1n) is 8.26. The number of aliphatic hydroxyl groups is 1. The Bertz CT molecular complexity index is 965. The van der Waals surface area contributed by atoms with Crippen molar-refractivity contribution in [2.24, 2.45) is 4.99 Å². The third kappa shape index (κ3) is 4.59. The van der Waals surface area contributed by atoms with Crippen molar-refractivity contribution in [1.82, 2.24) is 4.98 Å². The topological polar surface area (TPSA) is 71.8 Å². The molecule has 2 aromatic rings. The maximum atomic E-state index is 12.4. The van der Waals surface area contributed by atoms with Gasteiger partial charge in [-0.15, -0.1) is 0 Å². The van der Waals surface area contributed by atoms with Crippen LogP contribution in [0.2, 0.25) is 5.02 Å². The third-order valence-electron chi connectivity index (χ3n) is 3.62. The summed E-state index contributed by atoms with van der Waals surface area (Å²) >= 11 is 7.10. The summed E-state index contributed by atoms with van der Waals surface area (Å²) in [4.78, 5) is 21.7. The Morgan fingerprint density at radius 3 is 2.70 bits per heavy atom. The van der Waals surface area contributed by atoms with Crippen molar-refractivity contribution in [1.29, 1.82) is 0 Å². The van der Waals surface area contributed by atoms with Gasteiger partial charge < -0.3 is 9.84 Å². The number of pyridine rings is 1. The van der Waals surface area contributed by atoms with Crippen molar-refractivity contribution in [3.05, 3.63) is 75.1 Å². The van der Waals surface area contributed by atoms with E-state index < -0.39 is 5.97 Å². The molecule has 27 heavy (non-hydrogen) atoms. The fourth-order valence-electron chi connectivity index (χ4n) is 2.40. The molecule has 1 aliphatic heterocycles. The molecule has 138 valence electrons. The highest BCUT2D eigenvalue weighted by Gasteiger charge is 2.33. The number of benzene rings is 1. The van der Waals surface area contributed by atoms with Crippen LogP contribution in [0.3, 0.4) is 0 Å². The molecule has 1 aromatic heterocycles. The summed E-state index contributed by atoms with van der Waals surface area (Å²) in [5, 5.41) is 11.6. The lowest BCUT2D eigenvalue weighted by Crippen LogP contribution is -2.12. The molecule has 0 bridgehead atoms. The minimum absolute atomic E-state index is 0.0516. The van der Waals surface area contributed by atoms with Gasteiger partial charge in [-0.05, 0) is 56.3 Å². The van der Waals surface area contributed by atoms with Gasteiger partial charge in [-0.25, -0.2) is 9.79 Å². The van der Waals surface area contributed by atoms with Crippen molar-refractivity contribution >= 4 is 46.1 Å². The van der Waals surface area contributed by atoms with Crippen LogP contribution in [-0.4, -0.2) is 27.7 Å². The van der Waals surface area contributed by atoms with E-state index in [4.69, 9.17) is 16.3 Å². The zero-order valence-corrected chi connectivity index (χ0v) is 16.3. The minimum Gasteiger partial charge on any atom is -0.506 e. The molecule has 0 saturated carbocycles. The fraction of sp³-hybridized carbons (Fsp3) is 0.150. The number of halogens is 1. The largest absolute Gasteiger partial charge is 0.506 e. The fourth-order valence-corrected chi connectivity index (χ4v) is 3.55. The van der Waals surface area contributed by atoms with Gasteiger partial charge in [0.05, 0.1) is 22.9 Å². The van der Waals surface area contributed by atoms with Gasteiger partial charge in [0.1, 0.15) is 16.4 Å². The summed E-state index contributed by atoms with van der Waals surface area (Å²) in [6.07, 6.45) is 1.72. The van der Waals surface area contributed by atoms with E-state index in [1.807, 2.05) is 25.1 Å². The number of aliphatic imine (C=N–C) groups is 1. The normalized spacial score (nSPS) is 17.0. The van der Waals surface area contributed by atoms with E-state index in [1.54, 1.807) is 37.3 Å². The Kier molecular flexibility index (Phi) is 5.98. The molecular formula is C20H17ClN2O3S. The van der Waals surface area contributed by atoms with Crippen molar-refractivity contribution in [2.45, 2.75) is 13.8 Å². The van der Waals surface area contributed by atoms with Crippen molar-refractivity contribution in [2.75, 3.05) is 6.61 Å². The van der Waals surface area contributed by atoms with Crippen molar-refractivity contribution < 1.29 is 14.6 Å². The number of carbonyl (C=O) groups excluding carboxylic acids is 1. The molecule has 2 heterocycles. The van der Waals surface area contributed by atoms with Gasteiger partial charge in [0.15, 0.2) is 0 Å². The molecule has 0 amide bonds. The molecule has 0 unspecified atom stereocenters. The highest BCUT2D eigenvalue weighted by molar-refractivity contribution is 8.18. The highest BCUT2D eigenvalue weighted by atomic mass is 35.5. The Hall–Kier alpha value is -2.57. The van der Waals surface area contributed by atoms with Crippen LogP contribution < -0.4 is 0 Å². The lowest BCUT2D eigenvalue weighted by molar-refractivity contribution is -0.138. The van der Waals surface area contributed by atoms with Crippen LogP contribution >= 0.6 is 23.4 Å². The Morgan fingerprint density at radius 2 is 2.04 bits per heavy atom. The summed E-state index contributed by atoms with van der Waals surface area (Å²) in [5.41, 5.74) is 2.21. The maximum Gasteiger partial charge on any atom is 0.344 e. The quantitative estimate of drug-likeness (QED) is 0.711. The second-order valence-electron chi connectivity index (χ2n) is 5.65. The van der Waals surface area contributed by atoms with Crippen LogP contribution in [0.1, 0.15) is 18.3 Å². The molecule has 0 radical (unpaired) electrons. The molecular weight excluding hydrogens is 384 g/mol. The smallest absolute Gasteiger partial charge is 0.344 e. The van der Waals surface area contributed by atoms with Gasteiger partial charge in [-0.1, -0.05) is 29.4 Å². The number of ether oxygens (including phenoxy) is 1. The lowest BCUT2D eigenvalue weighted by Gasteiger charge is -2.03. The molecule has 5 nitrogen and oxygen atoms in total. The maximum absolute atomic E-state index is 12.4. The first-order valence-corrected chi connectivity index (χ1v) is 9.46. The van der Waals surface area contributed by atoms with Gasteiger partial charge in [0.2, 0.25) is 0 Å². The molecule has 1 N–H and O–H groups in total. The van der Waals surface area contributed by atoms with E-state index in [0.29, 0.717) is 26.4 Å². The van der Waals surface area contributed by atoms with E-state index in [9.17, 15) is 9.90 Å². The number of aryl methyl sites for hydroxylation is 1. The molecule has 7 heteroatoms. The van der Waals surface area contributed by atoms with Crippen LogP contribution in [0.4, 0.5) is 5.69 Å². The monoisotopic (exact) mass is 400 g/mol. The average Bonchev–Trinajstić information content (AvgIpc) is 2.92. The molecule has 0 spiro atoms. The Labute approximate surface area is 166 Å². The van der Waals surface area contributed by atoms with E-state index in [2.05, 4.69) is 9.98 Å². The lowest BCUT2D eigenvalue weighted by atomic mass is 10.2. The van der Waals surface area contributed by atoms with Crippen LogP contribution in [0, 0.1) is 6.92 Å². The zero-order chi connectivity index (χ0) is 19.4. The number of aliphatic hydroxyl groups excluding tert-OH is 1. The number of hydrogen-bond acceptors (Lipinski definition) is 6. The van der Waals surface area contributed by atoms with Crippen LogP contribution in [-0.2, 0) is 9.53 Å². The van der Waals surface area contributed by atoms with E-state index >= 15 is 0 Å². The first-order chi connectivity index (χ1) is 13.0. The SMILES string of the molecule is CCOC(=O)C1=C(O)C(=Cc2cccc(C)n2)SC1=Nc1ccc(Cl)cc1. The van der Waals surface area contributed by atoms with Crippen LogP contribution in [0.25, 0.3) is 6.08 Å². The summed E-state index contributed by atoms with van der Waals surface area (Å²) in [6, 6.07) is 12.5.